The first-order chi connectivity index (χ1) is 13.5. The van der Waals surface area contributed by atoms with Crippen molar-refractivity contribution < 1.29 is 23.1 Å². The molecule has 5 nitrogen and oxygen atoms in total. The Morgan fingerprint density at radius 3 is 2.71 bits per heavy atom. The highest BCUT2D eigenvalue weighted by molar-refractivity contribution is 6.00. The number of aromatic nitrogens is 1. The van der Waals surface area contributed by atoms with Crippen molar-refractivity contribution in [2.45, 2.75) is 6.54 Å². The van der Waals surface area contributed by atoms with Gasteiger partial charge < -0.3 is 14.1 Å². The van der Waals surface area contributed by atoms with E-state index in [0.29, 0.717) is 12.3 Å². The summed E-state index contributed by atoms with van der Waals surface area (Å²) >= 11 is 0. The highest BCUT2D eigenvalue weighted by Gasteiger charge is 2.12. The van der Waals surface area contributed by atoms with Crippen LogP contribution in [0.5, 0.6) is 0 Å². The number of carboxylic acid groups (broad SMARTS) is 1. The molecule has 0 atom stereocenters. The van der Waals surface area contributed by atoms with E-state index in [-0.39, 0.29) is 11.4 Å². The maximum Gasteiger partial charge on any atom is 0.371 e. The Morgan fingerprint density at radius 2 is 1.96 bits per heavy atom. The normalized spacial score (nSPS) is 11.5. The van der Waals surface area contributed by atoms with Gasteiger partial charge in [0.25, 0.3) is 0 Å². The van der Waals surface area contributed by atoms with Crippen LogP contribution < -0.4 is 0 Å². The molecule has 0 spiro atoms. The zero-order chi connectivity index (χ0) is 19.7. The minimum absolute atomic E-state index is 0.0374. The molecule has 0 amide bonds. The summed E-state index contributed by atoms with van der Waals surface area (Å²) in [5.41, 5.74) is 1.66. The van der Waals surface area contributed by atoms with E-state index in [1.54, 1.807) is 6.07 Å². The number of hydrogen-bond donors (Lipinski definition) is 1. The average Bonchev–Trinajstić information content (AvgIpc) is 3.27. The number of carboxylic acids is 1. The molecule has 4 aromatic rings. The second-order valence-electron chi connectivity index (χ2n) is 6.15. The Labute approximate surface area is 158 Å². The van der Waals surface area contributed by atoms with Crippen molar-refractivity contribution in [1.82, 2.24) is 4.57 Å². The Balaban J connectivity index is 1.69. The number of nitrogens with zero attached hydrogens (tertiary/aromatic N) is 2. The van der Waals surface area contributed by atoms with Gasteiger partial charge in [0, 0.05) is 34.9 Å². The molecule has 0 radical (unpaired) electrons. The van der Waals surface area contributed by atoms with Crippen molar-refractivity contribution in [3.05, 3.63) is 89.5 Å². The molecule has 0 saturated heterocycles. The van der Waals surface area contributed by atoms with E-state index in [1.165, 1.54) is 18.3 Å². The van der Waals surface area contributed by atoms with E-state index in [9.17, 15) is 13.6 Å². The number of carbonyl (C=O) groups is 1. The summed E-state index contributed by atoms with van der Waals surface area (Å²) in [7, 11) is 0. The van der Waals surface area contributed by atoms with Gasteiger partial charge >= 0.3 is 5.97 Å². The molecule has 0 aliphatic rings. The van der Waals surface area contributed by atoms with Crippen molar-refractivity contribution in [3.63, 3.8) is 0 Å². The minimum atomic E-state index is -1.13. The third kappa shape index (κ3) is 3.42. The molecule has 1 N–H and O–H groups in total. The zero-order valence-electron chi connectivity index (χ0n) is 14.5. The van der Waals surface area contributed by atoms with Crippen LogP contribution in [0.3, 0.4) is 0 Å². The maximum atomic E-state index is 13.8. The molecule has 0 aliphatic heterocycles. The quantitative estimate of drug-likeness (QED) is 0.495. The van der Waals surface area contributed by atoms with Gasteiger partial charge in [0.15, 0.2) is 5.82 Å². The molecule has 0 bridgehead atoms. The standard InChI is InChI=1S/C21H14F2N2O3/c22-14-5-7-18(17(23)9-14)24-10-13-11-25(19-4-2-1-3-16(13)19)12-15-6-8-20(28-15)21(26)27/h1-11H,12H2,(H,26,27). The van der Waals surface area contributed by atoms with Gasteiger partial charge in [0.1, 0.15) is 11.6 Å². The van der Waals surface area contributed by atoms with Crippen LogP contribution in [0.4, 0.5) is 14.5 Å². The Morgan fingerprint density at radius 1 is 1.14 bits per heavy atom. The Bertz CT molecular complexity index is 1210. The van der Waals surface area contributed by atoms with Crippen LogP contribution in [0.25, 0.3) is 10.9 Å². The molecular formula is C21H14F2N2O3. The van der Waals surface area contributed by atoms with Gasteiger partial charge in [-0.2, -0.15) is 0 Å². The molecule has 0 fully saturated rings. The number of aliphatic imine (C=N–C) groups is 1. The molecule has 28 heavy (non-hydrogen) atoms. The summed E-state index contributed by atoms with van der Waals surface area (Å²) in [5, 5.41) is 9.87. The molecule has 0 unspecified atom stereocenters. The third-order valence-corrected chi connectivity index (χ3v) is 4.27. The van der Waals surface area contributed by atoms with Crippen molar-refractivity contribution in [3.8, 4) is 0 Å². The summed E-state index contributed by atoms with van der Waals surface area (Å²) in [6, 6.07) is 13.8. The first-order valence-electron chi connectivity index (χ1n) is 8.40. The number of rotatable bonds is 5. The van der Waals surface area contributed by atoms with Gasteiger partial charge in [-0.1, -0.05) is 18.2 Å². The van der Waals surface area contributed by atoms with Crippen LogP contribution in [-0.4, -0.2) is 21.9 Å². The van der Waals surface area contributed by atoms with Gasteiger partial charge in [-0.15, -0.1) is 0 Å². The summed E-state index contributed by atoms with van der Waals surface area (Å²) in [4.78, 5) is 15.1. The molecule has 0 aliphatic carbocycles. The molecule has 2 aromatic carbocycles. The van der Waals surface area contributed by atoms with E-state index >= 15 is 0 Å². The Kier molecular flexibility index (Phi) is 4.49. The van der Waals surface area contributed by atoms with E-state index in [2.05, 4.69) is 4.99 Å². The van der Waals surface area contributed by atoms with Crippen LogP contribution in [0.1, 0.15) is 21.9 Å². The van der Waals surface area contributed by atoms with Gasteiger partial charge in [-0.05, 0) is 30.3 Å². The van der Waals surface area contributed by atoms with Crippen molar-refractivity contribution in [2.24, 2.45) is 4.99 Å². The molecule has 7 heteroatoms. The largest absolute Gasteiger partial charge is 0.475 e. The highest BCUT2D eigenvalue weighted by atomic mass is 19.1. The SMILES string of the molecule is O=C(O)c1ccc(Cn2cc(C=Nc3ccc(F)cc3F)c3ccccc32)o1. The lowest BCUT2D eigenvalue weighted by Crippen LogP contribution is -1.97. The van der Waals surface area contributed by atoms with Crippen molar-refractivity contribution in [2.75, 3.05) is 0 Å². The predicted molar refractivity (Wildman–Crippen MR) is 100 cm³/mol. The van der Waals surface area contributed by atoms with Crippen LogP contribution in [0.2, 0.25) is 0 Å². The number of furan rings is 1. The van der Waals surface area contributed by atoms with Crippen LogP contribution in [-0.2, 0) is 6.54 Å². The van der Waals surface area contributed by atoms with E-state index < -0.39 is 17.6 Å². The molecule has 2 heterocycles. The fourth-order valence-corrected chi connectivity index (χ4v) is 2.98. The molecule has 0 saturated carbocycles. The summed E-state index contributed by atoms with van der Waals surface area (Å²) < 4.78 is 34.1. The van der Waals surface area contributed by atoms with Gasteiger partial charge in [-0.25, -0.2) is 13.6 Å². The lowest BCUT2D eigenvalue weighted by atomic mass is 10.2. The lowest BCUT2D eigenvalue weighted by molar-refractivity contribution is 0.0660. The van der Waals surface area contributed by atoms with E-state index in [1.807, 2.05) is 35.0 Å². The van der Waals surface area contributed by atoms with Crippen molar-refractivity contribution >= 4 is 28.8 Å². The number of benzene rings is 2. The second-order valence-corrected chi connectivity index (χ2v) is 6.15. The van der Waals surface area contributed by atoms with Gasteiger partial charge in [0.05, 0.1) is 12.2 Å². The molecule has 4 rings (SSSR count). The smallest absolute Gasteiger partial charge is 0.371 e. The topological polar surface area (TPSA) is 67.7 Å². The average molecular weight is 380 g/mol. The Hall–Kier alpha value is -3.74. The molecular weight excluding hydrogens is 366 g/mol. The van der Waals surface area contributed by atoms with E-state index in [0.717, 1.165) is 28.6 Å². The van der Waals surface area contributed by atoms with Crippen LogP contribution in [0.15, 0.2) is 70.2 Å². The van der Waals surface area contributed by atoms with Crippen LogP contribution >= 0.6 is 0 Å². The van der Waals surface area contributed by atoms with Crippen LogP contribution in [0, 0.1) is 11.6 Å². The highest BCUT2D eigenvalue weighted by Crippen LogP contribution is 2.24. The fraction of sp³-hybridized carbons (Fsp3) is 0.0476. The summed E-state index contributed by atoms with van der Waals surface area (Å²) in [6.07, 6.45) is 3.33. The number of para-hydroxylation sites is 1. The summed E-state index contributed by atoms with van der Waals surface area (Å²) in [6.45, 7) is 0.326. The lowest BCUT2D eigenvalue weighted by Gasteiger charge is -2.02. The first-order valence-corrected chi connectivity index (χ1v) is 8.40. The number of aromatic carboxylic acids is 1. The fourth-order valence-electron chi connectivity index (χ4n) is 2.98. The van der Waals surface area contributed by atoms with Gasteiger partial charge in [0.2, 0.25) is 5.76 Å². The number of hydrogen-bond acceptors (Lipinski definition) is 3. The van der Waals surface area contributed by atoms with E-state index in [4.69, 9.17) is 9.52 Å². The second kappa shape index (κ2) is 7.11. The maximum absolute atomic E-state index is 13.8. The zero-order valence-corrected chi connectivity index (χ0v) is 14.5. The molecule has 140 valence electrons. The third-order valence-electron chi connectivity index (χ3n) is 4.27. The summed E-state index contributed by atoms with van der Waals surface area (Å²) in [5.74, 6) is -2.16. The number of fused-ring (bicyclic) bond motifs is 1. The van der Waals surface area contributed by atoms with Crippen molar-refractivity contribution in [1.29, 1.82) is 0 Å². The molecule has 2 aromatic heterocycles. The van der Waals surface area contributed by atoms with Gasteiger partial charge in [-0.3, -0.25) is 4.99 Å². The number of halogens is 2. The minimum Gasteiger partial charge on any atom is -0.475 e. The monoisotopic (exact) mass is 380 g/mol. The first kappa shape index (κ1) is 17.7. The predicted octanol–water partition coefficient (Wildman–Crippen LogP) is 5.01.